The van der Waals surface area contributed by atoms with Gasteiger partial charge in [-0.15, -0.1) is 0 Å². The molecule has 6 heteroatoms. The zero-order valence-electron chi connectivity index (χ0n) is 13.1. The molecule has 1 amide bonds. The molecule has 0 saturated carbocycles. The fourth-order valence-electron chi connectivity index (χ4n) is 2.40. The molecule has 1 fully saturated rings. The second-order valence-corrected chi connectivity index (χ2v) is 5.22. The predicted molar refractivity (Wildman–Crippen MR) is 85.0 cm³/mol. The summed E-state index contributed by atoms with van der Waals surface area (Å²) in [5, 5.41) is 6.07. The van der Waals surface area contributed by atoms with E-state index in [1.165, 1.54) is 0 Å². The van der Waals surface area contributed by atoms with Crippen LogP contribution in [0.1, 0.15) is 5.56 Å². The van der Waals surface area contributed by atoms with Gasteiger partial charge in [-0.2, -0.15) is 0 Å². The number of carbonyl (C=O) groups excluding carboxylic acids is 1. The molecule has 122 valence electrons. The second kappa shape index (κ2) is 9.40. The van der Waals surface area contributed by atoms with E-state index in [1.54, 1.807) is 7.11 Å². The summed E-state index contributed by atoms with van der Waals surface area (Å²) in [4.78, 5) is 14.1. The van der Waals surface area contributed by atoms with Crippen molar-refractivity contribution in [3.05, 3.63) is 29.8 Å². The number of benzene rings is 1. The molecule has 0 atom stereocenters. The second-order valence-electron chi connectivity index (χ2n) is 5.22. The largest absolute Gasteiger partial charge is 0.496 e. The van der Waals surface area contributed by atoms with E-state index in [0.29, 0.717) is 19.6 Å². The van der Waals surface area contributed by atoms with Gasteiger partial charge in [0.15, 0.2) is 0 Å². The number of morpholine rings is 1. The third kappa shape index (κ3) is 5.63. The number of nitrogens with one attached hydrogen (secondary N) is 2. The maximum Gasteiger partial charge on any atom is 0.234 e. The maximum absolute atomic E-state index is 11.8. The van der Waals surface area contributed by atoms with Crippen LogP contribution in [-0.2, 0) is 16.1 Å². The van der Waals surface area contributed by atoms with Gasteiger partial charge in [-0.1, -0.05) is 18.2 Å². The predicted octanol–water partition coefficient (Wildman–Crippen LogP) is 0.233. The van der Waals surface area contributed by atoms with Gasteiger partial charge in [0.1, 0.15) is 5.75 Å². The highest BCUT2D eigenvalue weighted by atomic mass is 16.5. The van der Waals surface area contributed by atoms with Gasteiger partial charge in [0.05, 0.1) is 26.9 Å². The Kier molecular flexibility index (Phi) is 7.15. The molecule has 2 rings (SSSR count). The monoisotopic (exact) mass is 307 g/mol. The van der Waals surface area contributed by atoms with E-state index in [2.05, 4.69) is 15.5 Å². The van der Waals surface area contributed by atoms with Gasteiger partial charge < -0.3 is 20.1 Å². The minimum Gasteiger partial charge on any atom is -0.496 e. The zero-order valence-corrected chi connectivity index (χ0v) is 13.1. The molecule has 0 unspecified atom stereocenters. The number of hydrogen-bond acceptors (Lipinski definition) is 5. The molecule has 0 spiro atoms. The third-order valence-corrected chi connectivity index (χ3v) is 3.65. The van der Waals surface area contributed by atoms with Crippen LogP contribution in [-0.4, -0.2) is 63.9 Å². The van der Waals surface area contributed by atoms with Crippen LogP contribution in [0.25, 0.3) is 0 Å². The summed E-state index contributed by atoms with van der Waals surface area (Å²) in [5.41, 5.74) is 1.05. The van der Waals surface area contributed by atoms with E-state index in [1.807, 2.05) is 24.3 Å². The van der Waals surface area contributed by atoms with Crippen LogP contribution in [0.5, 0.6) is 5.75 Å². The van der Waals surface area contributed by atoms with Crippen LogP contribution in [0.3, 0.4) is 0 Å². The number of para-hydroxylation sites is 1. The van der Waals surface area contributed by atoms with Gasteiger partial charge in [0.25, 0.3) is 0 Å². The van der Waals surface area contributed by atoms with Crippen molar-refractivity contribution in [2.24, 2.45) is 0 Å². The average Bonchev–Trinajstić information content (AvgIpc) is 2.56. The van der Waals surface area contributed by atoms with E-state index in [4.69, 9.17) is 9.47 Å². The Morgan fingerprint density at radius 3 is 2.86 bits per heavy atom. The van der Waals surface area contributed by atoms with Gasteiger partial charge in [0.2, 0.25) is 5.91 Å². The first kappa shape index (κ1) is 16.7. The molecule has 0 bridgehead atoms. The summed E-state index contributed by atoms with van der Waals surface area (Å²) in [5.74, 6) is 0.853. The van der Waals surface area contributed by atoms with Crippen molar-refractivity contribution in [1.29, 1.82) is 0 Å². The van der Waals surface area contributed by atoms with Crippen LogP contribution >= 0.6 is 0 Å². The molecule has 1 aliphatic heterocycles. The van der Waals surface area contributed by atoms with Crippen LogP contribution in [0.2, 0.25) is 0 Å². The van der Waals surface area contributed by atoms with E-state index in [0.717, 1.165) is 44.2 Å². The number of amides is 1. The lowest BCUT2D eigenvalue weighted by atomic mass is 10.2. The van der Waals surface area contributed by atoms with Crippen molar-refractivity contribution in [3.63, 3.8) is 0 Å². The number of hydrogen-bond donors (Lipinski definition) is 2. The minimum absolute atomic E-state index is 0.0168. The molecular weight excluding hydrogens is 282 g/mol. The molecule has 22 heavy (non-hydrogen) atoms. The Hall–Kier alpha value is -1.63. The minimum atomic E-state index is 0.0168. The smallest absolute Gasteiger partial charge is 0.234 e. The van der Waals surface area contributed by atoms with E-state index in [-0.39, 0.29) is 5.91 Å². The number of rotatable bonds is 8. The summed E-state index contributed by atoms with van der Waals surface area (Å²) in [6.07, 6.45) is 0. The molecule has 1 aromatic rings. The summed E-state index contributed by atoms with van der Waals surface area (Å²) in [7, 11) is 1.65. The standard InChI is InChI=1S/C16H25N3O3/c1-21-15-5-3-2-4-14(15)12-17-13-16(20)18-6-7-19-8-10-22-11-9-19/h2-5,17H,6-13H2,1H3,(H,18,20). The van der Waals surface area contributed by atoms with Crippen LogP contribution in [0.15, 0.2) is 24.3 Å². The van der Waals surface area contributed by atoms with E-state index in [9.17, 15) is 4.79 Å². The van der Waals surface area contributed by atoms with Gasteiger partial charge in [-0.25, -0.2) is 0 Å². The Morgan fingerprint density at radius 1 is 1.32 bits per heavy atom. The number of methoxy groups -OCH3 is 1. The third-order valence-electron chi connectivity index (χ3n) is 3.65. The Bertz CT molecular complexity index is 462. The zero-order chi connectivity index (χ0) is 15.6. The molecule has 1 heterocycles. The molecule has 0 aliphatic carbocycles. The molecule has 0 radical (unpaired) electrons. The highest BCUT2D eigenvalue weighted by Gasteiger charge is 2.10. The maximum atomic E-state index is 11.8. The topological polar surface area (TPSA) is 62.8 Å². The Balaban J connectivity index is 1.59. The van der Waals surface area contributed by atoms with Crippen molar-refractivity contribution in [2.75, 3.05) is 53.0 Å². The summed E-state index contributed by atoms with van der Waals surface area (Å²) in [6, 6.07) is 7.80. The normalized spacial score (nSPS) is 15.5. The lowest BCUT2D eigenvalue weighted by Crippen LogP contribution is -2.42. The molecule has 0 aromatic heterocycles. The quantitative estimate of drug-likeness (QED) is 0.720. The molecule has 6 nitrogen and oxygen atoms in total. The van der Waals surface area contributed by atoms with Gasteiger partial charge in [0, 0.05) is 38.3 Å². The van der Waals surface area contributed by atoms with Crippen molar-refractivity contribution in [2.45, 2.75) is 6.54 Å². The Labute approximate surface area is 131 Å². The number of carbonyl (C=O) groups is 1. The first-order chi connectivity index (χ1) is 10.8. The lowest BCUT2D eigenvalue weighted by molar-refractivity contribution is -0.120. The van der Waals surface area contributed by atoms with Gasteiger partial charge >= 0.3 is 0 Å². The van der Waals surface area contributed by atoms with Gasteiger partial charge in [-0.3, -0.25) is 9.69 Å². The summed E-state index contributed by atoms with van der Waals surface area (Å²) < 4.78 is 10.6. The molecule has 1 aliphatic rings. The van der Waals surface area contributed by atoms with E-state index < -0.39 is 0 Å². The van der Waals surface area contributed by atoms with Crippen LogP contribution < -0.4 is 15.4 Å². The summed E-state index contributed by atoms with van der Waals surface area (Å²) in [6.45, 7) is 5.94. The lowest BCUT2D eigenvalue weighted by Gasteiger charge is -2.26. The highest BCUT2D eigenvalue weighted by molar-refractivity contribution is 5.77. The molecular formula is C16H25N3O3. The fourth-order valence-corrected chi connectivity index (χ4v) is 2.40. The Morgan fingerprint density at radius 2 is 2.09 bits per heavy atom. The summed E-state index contributed by atoms with van der Waals surface area (Å²) >= 11 is 0. The SMILES string of the molecule is COc1ccccc1CNCC(=O)NCCN1CCOCC1. The van der Waals surface area contributed by atoms with Crippen molar-refractivity contribution in [1.82, 2.24) is 15.5 Å². The molecule has 1 aromatic carbocycles. The van der Waals surface area contributed by atoms with Gasteiger partial charge in [-0.05, 0) is 6.07 Å². The first-order valence-corrected chi connectivity index (χ1v) is 7.69. The van der Waals surface area contributed by atoms with Crippen molar-refractivity contribution in [3.8, 4) is 5.75 Å². The fraction of sp³-hybridized carbons (Fsp3) is 0.562. The van der Waals surface area contributed by atoms with Crippen LogP contribution in [0.4, 0.5) is 0 Å². The number of nitrogens with zero attached hydrogens (tertiary/aromatic N) is 1. The molecule has 2 N–H and O–H groups in total. The average molecular weight is 307 g/mol. The highest BCUT2D eigenvalue weighted by Crippen LogP contribution is 2.16. The molecule has 1 saturated heterocycles. The van der Waals surface area contributed by atoms with Crippen LogP contribution in [0, 0.1) is 0 Å². The van der Waals surface area contributed by atoms with Crippen molar-refractivity contribution < 1.29 is 14.3 Å². The van der Waals surface area contributed by atoms with Crippen molar-refractivity contribution >= 4 is 5.91 Å². The number of ether oxygens (including phenoxy) is 2. The first-order valence-electron chi connectivity index (χ1n) is 7.69. The van der Waals surface area contributed by atoms with E-state index >= 15 is 0 Å².